The Balaban J connectivity index is 1.41. The van der Waals surface area contributed by atoms with Gasteiger partial charge in [0.25, 0.3) is 5.91 Å². The van der Waals surface area contributed by atoms with Crippen molar-refractivity contribution in [2.45, 2.75) is 25.4 Å². The lowest BCUT2D eigenvalue weighted by molar-refractivity contribution is 0.0737. The van der Waals surface area contributed by atoms with Gasteiger partial charge in [-0.25, -0.2) is 9.67 Å². The summed E-state index contributed by atoms with van der Waals surface area (Å²) in [5.74, 6) is 0.0566. The topological polar surface area (TPSA) is 51.0 Å². The fourth-order valence-corrected chi connectivity index (χ4v) is 4.79. The number of benzene rings is 1. The summed E-state index contributed by atoms with van der Waals surface area (Å²) >= 11 is 1.72. The number of likely N-dealkylation sites (tertiary alicyclic amines) is 1. The minimum absolute atomic E-state index is 0.0566. The van der Waals surface area contributed by atoms with Gasteiger partial charge >= 0.3 is 0 Å². The molecule has 0 spiro atoms. The van der Waals surface area contributed by atoms with Crippen LogP contribution < -0.4 is 0 Å². The van der Waals surface area contributed by atoms with E-state index >= 15 is 0 Å². The van der Waals surface area contributed by atoms with Crippen molar-refractivity contribution in [2.75, 3.05) is 6.54 Å². The monoisotopic (exact) mass is 388 g/mol. The molecule has 1 fully saturated rings. The number of aromatic nitrogens is 3. The second kappa shape index (κ2) is 7.20. The summed E-state index contributed by atoms with van der Waals surface area (Å²) in [5, 5.41) is 7.45. The number of pyridine rings is 1. The Morgan fingerprint density at radius 3 is 2.86 bits per heavy atom. The van der Waals surface area contributed by atoms with Gasteiger partial charge in [0.05, 0.1) is 24.3 Å². The molecule has 28 heavy (non-hydrogen) atoms. The van der Waals surface area contributed by atoms with E-state index in [0.717, 1.165) is 30.4 Å². The van der Waals surface area contributed by atoms with E-state index in [1.165, 1.54) is 10.4 Å². The van der Waals surface area contributed by atoms with Crippen LogP contribution in [0, 0.1) is 0 Å². The number of carbonyl (C=O) groups excluding carboxylic acids is 1. The van der Waals surface area contributed by atoms with Gasteiger partial charge in [-0.1, -0.05) is 36.4 Å². The van der Waals surface area contributed by atoms with Gasteiger partial charge in [0, 0.05) is 23.0 Å². The van der Waals surface area contributed by atoms with Crippen molar-refractivity contribution in [1.29, 1.82) is 0 Å². The van der Waals surface area contributed by atoms with E-state index in [0.29, 0.717) is 12.1 Å². The molecule has 4 aromatic rings. The van der Waals surface area contributed by atoms with Crippen LogP contribution in [0.3, 0.4) is 0 Å². The number of hydrogen-bond acceptors (Lipinski definition) is 4. The molecule has 6 heteroatoms. The Morgan fingerprint density at radius 2 is 2.04 bits per heavy atom. The van der Waals surface area contributed by atoms with Crippen LogP contribution in [0.15, 0.2) is 66.3 Å². The van der Waals surface area contributed by atoms with E-state index in [4.69, 9.17) is 0 Å². The summed E-state index contributed by atoms with van der Waals surface area (Å²) in [7, 11) is 0. The molecule has 5 rings (SSSR count). The summed E-state index contributed by atoms with van der Waals surface area (Å²) in [6.07, 6.45) is 5.55. The first-order valence-corrected chi connectivity index (χ1v) is 10.4. The Labute approximate surface area is 167 Å². The van der Waals surface area contributed by atoms with Gasteiger partial charge in [0.1, 0.15) is 0 Å². The van der Waals surface area contributed by atoms with Crippen molar-refractivity contribution in [1.82, 2.24) is 19.7 Å². The van der Waals surface area contributed by atoms with Gasteiger partial charge in [-0.3, -0.25) is 4.79 Å². The molecule has 5 nitrogen and oxygen atoms in total. The number of carbonyl (C=O) groups is 1. The highest BCUT2D eigenvalue weighted by molar-refractivity contribution is 7.10. The zero-order valence-electron chi connectivity index (χ0n) is 15.4. The lowest BCUT2D eigenvalue weighted by atomic mass is 10.1. The fraction of sp³-hybridized carbons (Fsp3) is 0.227. The molecule has 4 heterocycles. The highest BCUT2D eigenvalue weighted by Gasteiger charge is 2.31. The quantitative estimate of drug-likeness (QED) is 0.516. The highest BCUT2D eigenvalue weighted by Crippen LogP contribution is 2.35. The second-order valence-electron chi connectivity index (χ2n) is 7.10. The maximum absolute atomic E-state index is 13.2. The Hall–Kier alpha value is -2.99. The maximum Gasteiger partial charge on any atom is 0.255 e. The summed E-state index contributed by atoms with van der Waals surface area (Å²) in [4.78, 5) is 21.0. The number of rotatable bonds is 4. The molecule has 1 aliphatic heterocycles. The normalized spacial score (nSPS) is 16.7. The van der Waals surface area contributed by atoms with Crippen LogP contribution in [0.4, 0.5) is 0 Å². The van der Waals surface area contributed by atoms with Crippen LogP contribution in [-0.4, -0.2) is 32.1 Å². The summed E-state index contributed by atoms with van der Waals surface area (Å²) in [5.41, 5.74) is 2.61. The highest BCUT2D eigenvalue weighted by atomic mass is 32.1. The van der Waals surface area contributed by atoms with Crippen LogP contribution in [-0.2, 0) is 6.54 Å². The number of thiophene rings is 1. The molecule has 1 amide bonds. The average molecular weight is 388 g/mol. The third kappa shape index (κ3) is 3.10. The van der Waals surface area contributed by atoms with Crippen molar-refractivity contribution >= 4 is 28.3 Å². The zero-order valence-corrected chi connectivity index (χ0v) is 16.2. The lowest BCUT2D eigenvalue weighted by Crippen LogP contribution is -2.30. The first-order chi connectivity index (χ1) is 13.8. The number of nitrogens with zero attached hydrogens (tertiary/aromatic N) is 4. The molecule has 140 valence electrons. The van der Waals surface area contributed by atoms with Gasteiger partial charge in [-0.15, -0.1) is 11.3 Å². The largest absolute Gasteiger partial charge is 0.331 e. The van der Waals surface area contributed by atoms with Crippen molar-refractivity contribution < 1.29 is 4.79 Å². The van der Waals surface area contributed by atoms with Crippen LogP contribution >= 0.6 is 11.3 Å². The molecule has 3 aromatic heterocycles. The number of fused-ring (bicyclic) bond motifs is 1. The Morgan fingerprint density at radius 1 is 1.14 bits per heavy atom. The summed E-state index contributed by atoms with van der Waals surface area (Å²) < 4.78 is 1.88. The average Bonchev–Trinajstić information content (AvgIpc) is 3.48. The molecule has 1 saturated heterocycles. The first-order valence-electron chi connectivity index (χ1n) is 9.49. The van der Waals surface area contributed by atoms with Gasteiger partial charge in [0.2, 0.25) is 0 Å². The van der Waals surface area contributed by atoms with Gasteiger partial charge in [-0.2, -0.15) is 5.10 Å². The van der Waals surface area contributed by atoms with Crippen molar-refractivity contribution in [2.24, 2.45) is 0 Å². The van der Waals surface area contributed by atoms with E-state index in [1.54, 1.807) is 23.7 Å². The Bertz CT molecular complexity index is 1100. The van der Waals surface area contributed by atoms with Gasteiger partial charge in [0.15, 0.2) is 5.65 Å². The fourth-order valence-electron chi connectivity index (χ4n) is 3.91. The summed E-state index contributed by atoms with van der Waals surface area (Å²) in [6.45, 7) is 1.46. The molecular weight excluding hydrogens is 368 g/mol. The summed E-state index contributed by atoms with van der Waals surface area (Å²) in [6, 6.07) is 16.5. The maximum atomic E-state index is 13.2. The third-order valence-corrected chi connectivity index (χ3v) is 6.26. The minimum Gasteiger partial charge on any atom is -0.331 e. The van der Waals surface area contributed by atoms with Crippen LogP contribution in [0.5, 0.6) is 0 Å². The van der Waals surface area contributed by atoms with Crippen molar-refractivity contribution in [3.05, 3.63) is 82.3 Å². The first kappa shape index (κ1) is 17.1. The standard InChI is InChI=1S/C22H20N4OS/c27-22(25-10-4-8-19(25)20-9-5-11-28-20)18-12-17-14-24-26(21(17)23-13-18)15-16-6-2-1-3-7-16/h1-3,5-7,9,11-14,19H,4,8,10,15H2/t19-/m0/s1. The van der Waals surface area contributed by atoms with Crippen LogP contribution in [0.25, 0.3) is 11.0 Å². The van der Waals surface area contributed by atoms with E-state index in [1.807, 2.05) is 33.8 Å². The third-order valence-electron chi connectivity index (χ3n) is 5.28. The molecule has 0 unspecified atom stereocenters. The van der Waals surface area contributed by atoms with E-state index in [2.05, 4.69) is 39.7 Å². The predicted octanol–water partition coefficient (Wildman–Crippen LogP) is 4.52. The van der Waals surface area contributed by atoms with Crippen molar-refractivity contribution in [3.8, 4) is 0 Å². The molecule has 1 aliphatic rings. The second-order valence-corrected chi connectivity index (χ2v) is 8.08. The van der Waals surface area contributed by atoms with E-state index in [-0.39, 0.29) is 11.9 Å². The molecule has 0 saturated carbocycles. The van der Waals surface area contributed by atoms with Gasteiger partial charge in [-0.05, 0) is 35.9 Å². The zero-order chi connectivity index (χ0) is 18.9. The van der Waals surface area contributed by atoms with Crippen molar-refractivity contribution in [3.63, 3.8) is 0 Å². The smallest absolute Gasteiger partial charge is 0.255 e. The molecule has 0 N–H and O–H groups in total. The number of amides is 1. The molecule has 1 atom stereocenters. The lowest BCUT2D eigenvalue weighted by Gasteiger charge is -2.23. The van der Waals surface area contributed by atoms with Crippen LogP contribution in [0.2, 0.25) is 0 Å². The van der Waals surface area contributed by atoms with Gasteiger partial charge < -0.3 is 4.90 Å². The molecular formula is C22H20N4OS. The molecule has 0 bridgehead atoms. The predicted molar refractivity (Wildman–Crippen MR) is 110 cm³/mol. The molecule has 0 radical (unpaired) electrons. The number of hydrogen-bond donors (Lipinski definition) is 0. The SMILES string of the molecule is O=C(c1cnc2c(cnn2Cc2ccccc2)c1)N1CCC[C@H]1c1cccs1. The Kier molecular flexibility index (Phi) is 4.41. The van der Waals surface area contributed by atoms with Crippen LogP contribution in [0.1, 0.15) is 39.7 Å². The molecule has 0 aliphatic carbocycles. The minimum atomic E-state index is 0.0566. The molecule has 1 aromatic carbocycles. The van der Waals surface area contributed by atoms with E-state index < -0.39 is 0 Å². The van der Waals surface area contributed by atoms with E-state index in [9.17, 15) is 4.79 Å².